The number of nitriles is 1. The molecule has 14 heavy (non-hydrogen) atoms. The Labute approximate surface area is 81.2 Å². The largest absolute Gasteiger partial charge is 0.345 e. The predicted molar refractivity (Wildman–Crippen MR) is 52.6 cm³/mol. The van der Waals surface area contributed by atoms with Crippen LogP contribution in [0.5, 0.6) is 0 Å². The van der Waals surface area contributed by atoms with Gasteiger partial charge >= 0.3 is 0 Å². The molecule has 0 saturated heterocycles. The van der Waals surface area contributed by atoms with Crippen molar-refractivity contribution in [2.45, 2.75) is 6.54 Å². The quantitative estimate of drug-likeness (QED) is 0.711. The van der Waals surface area contributed by atoms with Crippen molar-refractivity contribution in [2.75, 3.05) is 6.67 Å². The highest BCUT2D eigenvalue weighted by Gasteiger charge is 2.01. The second kappa shape index (κ2) is 3.51. The third-order valence-corrected chi connectivity index (χ3v) is 2.23. The molecule has 0 radical (unpaired) electrons. The molecule has 70 valence electrons. The molecule has 0 unspecified atom stereocenters. The van der Waals surface area contributed by atoms with Crippen molar-refractivity contribution in [3.05, 3.63) is 36.0 Å². The highest BCUT2D eigenvalue weighted by atomic mass is 19.1. The molecule has 0 atom stereocenters. The minimum absolute atomic E-state index is 0.346. The number of hydrogen-bond donors (Lipinski definition) is 0. The summed E-state index contributed by atoms with van der Waals surface area (Å²) in [5.41, 5.74) is 1.53. The van der Waals surface area contributed by atoms with Gasteiger partial charge in [-0.3, -0.25) is 0 Å². The normalized spacial score (nSPS) is 10.3. The average molecular weight is 188 g/mol. The van der Waals surface area contributed by atoms with E-state index in [4.69, 9.17) is 5.26 Å². The number of nitrogens with zero attached hydrogens (tertiary/aromatic N) is 2. The van der Waals surface area contributed by atoms with Crippen LogP contribution in [0.25, 0.3) is 10.9 Å². The molecule has 0 saturated carbocycles. The van der Waals surface area contributed by atoms with E-state index in [0.29, 0.717) is 12.1 Å². The van der Waals surface area contributed by atoms with E-state index in [9.17, 15) is 4.39 Å². The van der Waals surface area contributed by atoms with Crippen LogP contribution in [0.15, 0.2) is 30.5 Å². The molecular weight excluding hydrogens is 179 g/mol. The van der Waals surface area contributed by atoms with Crippen molar-refractivity contribution in [1.29, 1.82) is 5.26 Å². The van der Waals surface area contributed by atoms with Gasteiger partial charge in [0.2, 0.25) is 0 Å². The zero-order valence-corrected chi connectivity index (χ0v) is 7.57. The number of halogens is 1. The van der Waals surface area contributed by atoms with Crippen molar-refractivity contribution < 1.29 is 4.39 Å². The minimum Gasteiger partial charge on any atom is -0.345 e. The number of benzene rings is 1. The van der Waals surface area contributed by atoms with Crippen LogP contribution in [0.3, 0.4) is 0 Å². The molecule has 2 aromatic rings. The first kappa shape index (κ1) is 8.76. The first-order valence-corrected chi connectivity index (χ1v) is 4.40. The Hall–Kier alpha value is -1.82. The van der Waals surface area contributed by atoms with Crippen molar-refractivity contribution in [3.8, 4) is 6.07 Å². The molecule has 0 N–H and O–H groups in total. The van der Waals surface area contributed by atoms with Crippen LogP contribution in [0.2, 0.25) is 0 Å². The van der Waals surface area contributed by atoms with Gasteiger partial charge in [-0.25, -0.2) is 4.39 Å². The lowest BCUT2D eigenvalue weighted by Crippen LogP contribution is -1.96. The van der Waals surface area contributed by atoms with E-state index in [2.05, 4.69) is 6.07 Å². The molecule has 2 nitrogen and oxygen atoms in total. The van der Waals surface area contributed by atoms with Crippen LogP contribution in [0, 0.1) is 11.3 Å². The van der Waals surface area contributed by atoms with E-state index in [1.54, 1.807) is 12.1 Å². The Balaban J connectivity index is 2.59. The van der Waals surface area contributed by atoms with Crippen LogP contribution in [0.1, 0.15) is 5.56 Å². The number of aryl methyl sites for hydroxylation is 1. The van der Waals surface area contributed by atoms with Crippen LogP contribution in [-0.2, 0) is 6.54 Å². The summed E-state index contributed by atoms with van der Waals surface area (Å²) in [6.07, 6.45) is 1.84. The van der Waals surface area contributed by atoms with Crippen molar-refractivity contribution >= 4 is 10.9 Å². The number of rotatable bonds is 2. The van der Waals surface area contributed by atoms with Crippen molar-refractivity contribution in [3.63, 3.8) is 0 Å². The van der Waals surface area contributed by atoms with Gasteiger partial charge in [-0.05, 0) is 23.6 Å². The number of alkyl halides is 1. The number of hydrogen-bond acceptors (Lipinski definition) is 1. The molecule has 0 aliphatic heterocycles. The SMILES string of the molecule is N#Cc1ccc2ccn(CCF)c2c1. The lowest BCUT2D eigenvalue weighted by Gasteiger charge is -2.01. The molecule has 0 bridgehead atoms. The summed E-state index contributed by atoms with van der Waals surface area (Å²) < 4.78 is 14.0. The van der Waals surface area contributed by atoms with Gasteiger partial charge in [0, 0.05) is 11.7 Å². The minimum atomic E-state index is -0.388. The van der Waals surface area contributed by atoms with E-state index in [-0.39, 0.29) is 6.67 Å². The summed E-state index contributed by atoms with van der Waals surface area (Å²) in [5.74, 6) is 0. The molecule has 2 rings (SSSR count). The van der Waals surface area contributed by atoms with E-state index in [0.717, 1.165) is 10.9 Å². The fraction of sp³-hybridized carbons (Fsp3) is 0.182. The molecule has 0 aliphatic carbocycles. The molecule has 1 aromatic carbocycles. The lowest BCUT2D eigenvalue weighted by molar-refractivity contribution is 0.451. The number of fused-ring (bicyclic) bond motifs is 1. The van der Waals surface area contributed by atoms with E-state index >= 15 is 0 Å². The Bertz CT molecular complexity index is 493. The Morgan fingerprint density at radius 1 is 1.36 bits per heavy atom. The lowest BCUT2D eigenvalue weighted by atomic mass is 10.2. The molecule has 0 aliphatic rings. The van der Waals surface area contributed by atoms with Gasteiger partial charge in [-0.1, -0.05) is 6.07 Å². The van der Waals surface area contributed by atoms with Gasteiger partial charge in [-0.2, -0.15) is 5.26 Å². The topological polar surface area (TPSA) is 28.7 Å². The Kier molecular flexibility index (Phi) is 2.19. The molecule has 0 fully saturated rings. The van der Waals surface area contributed by atoms with Crippen LogP contribution in [0.4, 0.5) is 4.39 Å². The van der Waals surface area contributed by atoms with Crippen molar-refractivity contribution in [2.24, 2.45) is 0 Å². The summed E-state index contributed by atoms with van der Waals surface area (Å²) in [4.78, 5) is 0. The zero-order chi connectivity index (χ0) is 9.97. The third-order valence-electron chi connectivity index (χ3n) is 2.23. The first-order chi connectivity index (χ1) is 6.85. The van der Waals surface area contributed by atoms with Gasteiger partial charge in [0.25, 0.3) is 0 Å². The average Bonchev–Trinajstić information content (AvgIpc) is 2.61. The Morgan fingerprint density at radius 2 is 2.21 bits per heavy atom. The maximum atomic E-state index is 12.2. The smallest absolute Gasteiger partial charge is 0.107 e. The maximum Gasteiger partial charge on any atom is 0.107 e. The summed E-state index contributed by atoms with van der Waals surface area (Å²) in [6.45, 7) is -0.0427. The summed E-state index contributed by atoms with van der Waals surface area (Å²) >= 11 is 0. The predicted octanol–water partition coefficient (Wildman–Crippen LogP) is 2.48. The molecule has 0 amide bonds. The van der Waals surface area contributed by atoms with E-state index in [1.807, 2.05) is 22.9 Å². The van der Waals surface area contributed by atoms with Gasteiger partial charge in [-0.15, -0.1) is 0 Å². The summed E-state index contributed by atoms with van der Waals surface area (Å²) in [7, 11) is 0. The van der Waals surface area contributed by atoms with Gasteiger partial charge < -0.3 is 4.57 Å². The second-order valence-corrected chi connectivity index (χ2v) is 3.08. The molecule has 3 heteroatoms. The van der Waals surface area contributed by atoms with Crippen LogP contribution < -0.4 is 0 Å². The highest BCUT2D eigenvalue weighted by molar-refractivity contribution is 5.81. The van der Waals surface area contributed by atoms with Gasteiger partial charge in [0.05, 0.1) is 18.2 Å². The highest BCUT2D eigenvalue weighted by Crippen LogP contribution is 2.17. The van der Waals surface area contributed by atoms with Crippen LogP contribution >= 0.6 is 0 Å². The fourth-order valence-corrected chi connectivity index (χ4v) is 1.54. The fourth-order valence-electron chi connectivity index (χ4n) is 1.54. The Morgan fingerprint density at radius 3 is 2.93 bits per heavy atom. The second-order valence-electron chi connectivity index (χ2n) is 3.08. The van der Waals surface area contributed by atoms with Crippen molar-refractivity contribution in [1.82, 2.24) is 4.57 Å². The summed E-state index contributed by atoms with van der Waals surface area (Å²) in [6, 6.07) is 9.42. The maximum absolute atomic E-state index is 12.2. The molecule has 1 aromatic heterocycles. The molecular formula is C11H9FN2. The van der Waals surface area contributed by atoms with E-state index < -0.39 is 0 Å². The zero-order valence-electron chi connectivity index (χ0n) is 7.57. The first-order valence-electron chi connectivity index (χ1n) is 4.40. The van der Waals surface area contributed by atoms with E-state index in [1.165, 1.54) is 0 Å². The monoisotopic (exact) mass is 188 g/mol. The van der Waals surface area contributed by atoms with Gasteiger partial charge in [0.15, 0.2) is 0 Å². The van der Waals surface area contributed by atoms with Crippen LogP contribution in [-0.4, -0.2) is 11.2 Å². The number of aromatic nitrogens is 1. The van der Waals surface area contributed by atoms with Gasteiger partial charge in [0.1, 0.15) is 6.67 Å². The summed E-state index contributed by atoms with van der Waals surface area (Å²) in [5, 5.41) is 9.76. The molecule has 1 heterocycles. The third kappa shape index (κ3) is 1.35. The molecule has 0 spiro atoms. The standard InChI is InChI=1S/C11H9FN2/c12-4-6-14-5-3-10-2-1-9(8-13)7-11(10)14/h1-3,5,7H,4,6H2.